The summed E-state index contributed by atoms with van der Waals surface area (Å²) in [5, 5.41) is 6.69. The summed E-state index contributed by atoms with van der Waals surface area (Å²) < 4.78 is 34.4. The third kappa shape index (κ3) is 4.47. The highest BCUT2D eigenvalue weighted by atomic mass is 35.5. The Balaban J connectivity index is 0.00000245. The SMILES string of the molecule is Cl.O=S(=O)(c1ccc(N2CCNCC2)cc1)N1CCOc2ccc(N3CCNCC3)cc21. The number of nitrogens with one attached hydrogen (secondary N) is 2. The maximum atomic E-state index is 13.5. The van der Waals surface area contributed by atoms with Crippen molar-refractivity contribution in [3.8, 4) is 5.75 Å². The normalized spacial score (nSPS) is 19.1. The van der Waals surface area contributed by atoms with Crippen molar-refractivity contribution in [1.82, 2.24) is 10.6 Å². The summed E-state index contributed by atoms with van der Waals surface area (Å²) in [6, 6.07) is 13.1. The molecule has 0 saturated carbocycles. The Morgan fingerprint density at radius 3 is 1.94 bits per heavy atom. The number of piperazine rings is 2. The van der Waals surface area contributed by atoms with Gasteiger partial charge in [0.1, 0.15) is 12.4 Å². The van der Waals surface area contributed by atoms with E-state index in [9.17, 15) is 8.42 Å². The van der Waals surface area contributed by atoms with Crippen LogP contribution >= 0.6 is 12.4 Å². The van der Waals surface area contributed by atoms with Crippen LogP contribution in [0.2, 0.25) is 0 Å². The minimum Gasteiger partial charge on any atom is -0.489 e. The quantitative estimate of drug-likeness (QED) is 0.688. The molecule has 32 heavy (non-hydrogen) atoms. The average molecular weight is 480 g/mol. The Morgan fingerprint density at radius 2 is 1.31 bits per heavy atom. The van der Waals surface area contributed by atoms with Gasteiger partial charge >= 0.3 is 0 Å². The Kier molecular flexibility index (Phi) is 6.99. The zero-order valence-electron chi connectivity index (χ0n) is 18.0. The number of anilines is 3. The van der Waals surface area contributed by atoms with Crippen LogP contribution in [0.1, 0.15) is 0 Å². The molecule has 0 amide bonds. The van der Waals surface area contributed by atoms with E-state index >= 15 is 0 Å². The monoisotopic (exact) mass is 479 g/mol. The first-order valence-corrected chi connectivity index (χ1v) is 12.4. The first-order chi connectivity index (χ1) is 15.1. The molecule has 2 aromatic carbocycles. The lowest BCUT2D eigenvalue weighted by atomic mass is 10.2. The summed E-state index contributed by atoms with van der Waals surface area (Å²) in [5.74, 6) is 0.617. The molecule has 0 unspecified atom stereocenters. The molecule has 2 saturated heterocycles. The summed E-state index contributed by atoms with van der Waals surface area (Å²) in [7, 11) is -3.68. The summed E-state index contributed by atoms with van der Waals surface area (Å²) >= 11 is 0. The van der Waals surface area contributed by atoms with Gasteiger partial charge in [-0.1, -0.05) is 0 Å². The lowest BCUT2D eigenvalue weighted by Crippen LogP contribution is -2.44. The first-order valence-electron chi connectivity index (χ1n) is 10.9. The molecule has 0 atom stereocenters. The van der Waals surface area contributed by atoms with E-state index in [4.69, 9.17) is 4.74 Å². The number of sulfonamides is 1. The molecule has 2 N–H and O–H groups in total. The second-order valence-electron chi connectivity index (χ2n) is 8.05. The van der Waals surface area contributed by atoms with Gasteiger partial charge < -0.3 is 25.2 Å². The van der Waals surface area contributed by atoms with Crippen LogP contribution in [-0.4, -0.2) is 73.9 Å². The molecule has 0 radical (unpaired) electrons. The largest absolute Gasteiger partial charge is 0.489 e. The van der Waals surface area contributed by atoms with Gasteiger partial charge in [-0.3, -0.25) is 4.31 Å². The summed E-state index contributed by atoms with van der Waals surface area (Å²) in [4.78, 5) is 4.86. The van der Waals surface area contributed by atoms with E-state index in [0.29, 0.717) is 29.5 Å². The summed E-state index contributed by atoms with van der Waals surface area (Å²) in [5.41, 5.74) is 2.71. The van der Waals surface area contributed by atoms with E-state index in [1.165, 1.54) is 4.31 Å². The number of rotatable bonds is 4. The van der Waals surface area contributed by atoms with E-state index in [2.05, 4.69) is 20.4 Å². The standard InChI is InChI=1S/C22H29N5O3S.ClH/c28-31(29,20-4-1-18(2-5-20)25-11-7-23-8-12-25)27-15-16-30-22-6-3-19(17-21(22)27)26-13-9-24-10-14-26;/h1-6,17,23-24H,7-16H2;1H. The van der Waals surface area contributed by atoms with Gasteiger partial charge in [0.05, 0.1) is 17.1 Å². The Bertz CT molecular complexity index is 1020. The maximum absolute atomic E-state index is 13.5. The lowest BCUT2D eigenvalue weighted by Gasteiger charge is -2.34. The molecular formula is C22H30ClN5O3S. The maximum Gasteiger partial charge on any atom is 0.264 e. The number of halogens is 1. The van der Waals surface area contributed by atoms with Gasteiger partial charge in [-0.15, -0.1) is 12.4 Å². The van der Waals surface area contributed by atoms with Crippen LogP contribution in [0, 0.1) is 0 Å². The molecule has 2 aromatic rings. The van der Waals surface area contributed by atoms with Crippen molar-refractivity contribution in [1.29, 1.82) is 0 Å². The van der Waals surface area contributed by atoms with Gasteiger partial charge in [-0.2, -0.15) is 0 Å². The average Bonchev–Trinajstić information content (AvgIpc) is 2.84. The second-order valence-corrected chi connectivity index (χ2v) is 9.91. The number of hydrogen-bond donors (Lipinski definition) is 2. The predicted molar refractivity (Wildman–Crippen MR) is 130 cm³/mol. The molecule has 0 bridgehead atoms. The minimum absolute atomic E-state index is 0. The van der Waals surface area contributed by atoms with Crippen molar-refractivity contribution in [2.75, 3.05) is 79.6 Å². The Hall–Kier alpha value is -2.20. The predicted octanol–water partition coefficient (Wildman–Crippen LogP) is 1.52. The number of hydrogen-bond acceptors (Lipinski definition) is 7. The molecule has 2 fully saturated rings. The fourth-order valence-electron chi connectivity index (χ4n) is 4.43. The van der Waals surface area contributed by atoms with Crippen molar-refractivity contribution >= 4 is 39.5 Å². The third-order valence-corrected chi connectivity index (χ3v) is 7.98. The highest BCUT2D eigenvalue weighted by molar-refractivity contribution is 7.92. The van der Waals surface area contributed by atoms with Gasteiger partial charge in [0.2, 0.25) is 0 Å². The van der Waals surface area contributed by atoms with E-state index in [1.807, 2.05) is 30.3 Å². The fraction of sp³-hybridized carbons (Fsp3) is 0.455. The van der Waals surface area contributed by atoms with Crippen LogP contribution in [0.4, 0.5) is 17.1 Å². The summed E-state index contributed by atoms with van der Waals surface area (Å²) in [6.45, 7) is 8.05. The number of fused-ring (bicyclic) bond motifs is 1. The zero-order chi connectivity index (χ0) is 21.3. The summed E-state index contributed by atoms with van der Waals surface area (Å²) in [6.07, 6.45) is 0. The van der Waals surface area contributed by atoms with Crippen molar-refractivity contribution < 1.29 is 13.2 Å². The molecule has 3 aliphatic rings. The highest BCUT2D eigenvalue weighted by Crippen LogP contribution is 2.38. The van der Waals surface area contributed by atoms with E-state index in [0.717, 1.165) is 63.7 Å². The van der Waals surface area contributed by atoms with E-state index in [-0.39, 0.29) is 12.4 Å². The molecule has 3 aliphatic heterocycles. The molecule has 174 valence electrons. The molecular weight excluding hydrogens is 450 g/mol. The van der Waals surface area contributed by atoms with Crippen LogP contribution in [0.3, 0.4) is 0 Å². The zero-order valence-corrected chi connectivity index (χ0v) is 19.6. The fourth-order valence-corrected chi connectivity index (χ4v) is 5.88. The Labute approximate surface area is 196 Å². The highest BCUT2D eigenvalue weighted by Gasteiger charge is 2.31. The van der Waals surface area contributed by atoms with Gasteiger partial charge in [-0.25, -0.2) is 8.42 Å². The van der Waals surface area contributed by atoms with E-state index in [1.54, 1.807) is 12.1 Å². The third-order valence-electron chi connectivity index (χ3n) is 6.15. The van der Waals surface area contributed by atoms with Crippen LogP contribution in [-0.2, 0) is 10.0 Å². The molecule has 3 heterocycles. The van der Waals surface area contributed by atoms with Crippen LogP contribution in [0.15, 0.2) is 47.4 Å². The van der Waals surface area contributed by atoms with Crippen molar-refractivity contribution in [2.45, 2.75) is 4.90 Å². The van der Waals surface area contributed by atoms with Gasteiger partial charge in [0.25, 0.3) is 10.0 Å². The molecule has 5 rings (SSSR count). The topological polar surface area (TPSA) is 77.2 Å². The van der Waals surface area contributed by atoms with Crippen LogP contribution < -0.4 is 29.5 Å². The molecule has 0 aliphatic carbocycles. The van der Waals surface area contributed by atoms with Crippen molar-refractivity contribution in [3.05, 3.63) is 42.5 Å². The van der Waals surface area contributed by atoms with Gasteiger partial charge in [-0.05, 0) is 42.5 Å². The number of nitrogens with zero attached hydrogens (tertiary/aromatic N) is 3. The van der Waals surface area contributed by atoms with Crippen LogP contribution in [0.25, 0.3) is 0 Å². The van der Waals surface area contributed by atoms with Gasteiger partial charge in [0, 0.05) is 63.7 Å². The molecule has 10 heteroatoms. The molecule has 0 aromatic heterocycles. The smallest absolute Gasteiger partial charge is 0.264 e. The Morgan fingerprint density at radius 1 is 0.750 bits per heavy atom. The molecule has 0 spiro atoms. The lowest BCUT2D eigenvalue weighted by molar-refractivity contribution is 0.316. The first kappa shape index (κ1) is 23.0. The number of ether oxygens (including phenoxy) is 1. The molecule has 8 nitrogen and oxygen atoms in total. The van der Waals surface area contributed by atoms with Crippen molar-refractivity contribution in [3.63, 3.8) is 0 Å². The van der Waals surface area contributed by atoms with Crippen molar-refractivity contribution in [2.24, 2.45) is 0 Å². The second kappa shape index (κ2) is 9.74. The van der Waals surface area contributed by atoms with Crippen LogP contribution in [0.5, 0.6) is 5.75 Å². The minimum atomic E-state index is -3.68. The van der Waals surface area contributed by atoms with E-state index < -0.39 is 10.0 Å². The number of benzene rings is 2. The van der Waals surface area contributed by atoms with Gasteiger partial charge in [0.15, 0.2) is 0 Å².